The summed E-state index contributed by atoms with van der Waals surface area (Å²) in [4.78, 5) is 20.0. The van der Waals surface area contributed by atoms with E-state index in [4.69, 9.17) is 5.10 Å². The molecule has 10 heteroatoms. The van der Waals surface area contributed by atoms with Gasteiger partial charge in [0.1, 0.15) is 5.75 Å². The Morgan fingerprint density at radius 3 is 2.48 bits per heavy atom. The van der Waals surface area contributed by atoms with Crippen molar-refractivity contribution in [3.8, 4) is 16.9 Å². The Kier molecular flexibility index (Phi) is 6.61. The van der Waals surface area contributed by atoms with Crippen molar-refractivity contribution in [3.05, 3.63) is 89.7 Å². The van der Waals surface area contributed by atoms with E-state index in [1.165, 1.54) is 12.1 Å². The van der Waals surface area contributed by atoms with E-state index >= 15 is 0 Å². The number of aromatic nitrogens is 2. The molecule has 2 atom stereocenters. The first-order valence-electron chi connectivity index (χ1n) is 13.0. The maximum atomic E-state index is 12.5. The highest BCUT2D eigenvalue weighted by molar-refractivity contribution is 6.06. The van der Waals surface area contributed by atoms with Crippen molar-refractivity contribution < 1.29 is 27.8 Å². The molecular formula is C30H25F3N4O3. The van der Waals surface area contributed by atoms with Gasteiger partial charge in [0.05, 0.1) is 22.8 Å². The molecule has 0 bridgehead atoms. The van der Waals surface area contributed by atoms with Crippen molar-refractivity contribution in [2.45, 2.75) is 38.1 Å². The van der Waals surface area contributed by atoms with Crippen LogP contribution in [0.5, 0.6) is 5.75 Å². The highest BCUT2D eigenvalue weighted by atomic mass is 19.4. The second-order valence-corrected chi connectivity index (χ2v) is 9.98. The van der Waals surface area contributed by atoms with Crippen LogP contribution in [-0.2, 0) is 11.2 Å². The quantitative estimate of drug-likeness (QED) is 0.289. The minimum atomic E-state index is -4.73. The first kappa shape index (κ1) is 25.8. The molecule has 2 unspecified atom stereocenters. The average molecular weight is 547 g/mol. The molecule has 6 rings (SSSR count). The Labute approximate surface area is 227 Å². The maximum Gasteiger partial charge on any atom is 0.573 e. The monoisotopic (exact) mass is 546 g/mol. The van der Waals surface area contributed by atoms with Gasteiger partial charge < -0.3 is 9.84 Å². The average Bonchev–Trinajstić information content (AvgIpc) is 3.30. The number of ether oxygens (including phenoxy) is 1. The van der Waals surface area contributed by atoms with E-state index in [0.717, 1.165) is 57.4 Å². The van der Waals surface area contributed by atoms with Gasteiger partial charge in [-0.05, 0) is 65.8 Å². The van der Waals surface area contributed by atoms with E-state index < -0.39 is 12.3 Å². The number of hydrogen-bond acceptors (Lipinski definition) is 6. The summed E-state index contributed by atoms with van der Waals surface area (Å²) in [6, 6.07) is 17.9. The number of benzene rings is 3. The molecule has 1 aliphatic carbocycles. The molecule has 2 aliphatic rings. The van der Waals surface area contributed by atoms with Crippen molar-refractivity contribution in [1.29, 1.82) is 0 Å². The lowest BCUT2D eigenvalue weighted by Gasteiger charge is -2.31. The second-order valence-electron chi connectivity index (χ2n) is 9.98. The number of fused-ring (bicyclic) bond motifs is 4. The van der Waals surface area contributed by atoms with Gasteiger partial charge in [-0.2, -0.15) is 5.10 Å². The summed E-state index contributed by atoms with van der Waals surface area (Å²) in [6.07, 6.45) is 0.802. The molecule has 4 aromatic rings. The lowest BCUT2D eigenvalue weighted by molar-refractivity contribution is -0.274. The number of nitrogens with zero attached hydrogens (tertiary/aromatic N) is 4. The molecular weight excluding hydrogens is 521 g/mol. The number of aryl methyl sites for hydroxylation is 1. The van der Waals surface area contributed by atoms with Crippen LogP contribution in [0, 0.1) is 5.92 Å². The first-order valence-corrected chi connectivity index (χ1v) is 13.0. The van der Waals surface area contributed by atoms with Gasteiger partial charge in [-0.25, -0.2) is 0 Å². The lowest BCUT2D eigenvalue weighted by Crippen LogP contribution is -2.29. The van der Waals surface area contributed by atoms with Crippen LogP contribution in [0.2, 0.25) is 0 Å². The normalized spacial score (nSPS) is 18.3. The van der Waals surface area contributed by atoms with Gasteiger partial charge >= 0.3 is 12.3 Å². The van der Waals surface area contributed by atoms with Crippen LogP contribution in [0.15, 0.2) is 78.2 Å². The molecule has 1 aliphatic heterocycles. The molecule has 1 aromatic heterocycles. The van der Waals surface area contributed by atoms with Crippen molar-refractivity contribution in [3.63, 3.8) is 0 Å². The van der Waals surface area contributed by atoms with Gasteiger partial charge in [-0.3, -0.25) is 19.8 Å². The zero-order valence-electron chi connectivity index (χ0n) is 21.3. The number of halogens is 3. The standard InChI is InChI=1S/C30H25F3N4O3/c31-30(32,33)40-22-8-3-18(4-9-22)19-5-10-23-20(16-19)6-11-24-28(23)36-37(15-1-2-27(38)39)29(24)21-7-12-25-26(17-21)35-14-13-34-25/h3-5,7-10,12-14,16-17,24,29H,1-2,6,11,15H2,(H,38,39). The highest BCUT2D eigenvalue weighted by Gasteiger charge is 2.41. The Morgan fingerprint density at radius 1 is 0.975 bits per heavy atom. The summed E-state index contributed by atoms with van der Waals surface area (Å²) in [6.45, 7) is 0.509. The summed E-state index contributed by atoms with van der Waals surface area (Å²) in [5, 5.41) is 16.2. The van der Waals surface area contributed by atoms with Gasteiger partial charge in [0, 0.05) is 36.8 Å². The molecule has 2 heterocycles. The Morgan fingerprint density at radius 2 is 1.73 bits per heavy atom. The molecule has 40 heavy (non-hydrogen) atoms. The zero-order valence-corrected chi connectivity index (χ0v) is 21.3. The van der Waals surface area contributed by atoms with E-state index in [1.54, 1.807) is 24.5 Å². The van der Waals surface area contributed by atoms with Crippen LogP contribution < -0.4 is 4.74 Å². The first-order chi connectivity index (χ1) is 19.2. The maximum absolute atomic E-state index is 12.5. The number of rotatable bonds is 7. The molecule has 3 aromatic carbocycles. The van der Waals surface area contributed by atoms with E-state index in [2.05, 4.69) is 26.8 Å². The number of hydrazone groups is 1. The molecule has 0 radical (unpaired) electrons. The molecule has 0 saturated carbocycles. The fraction of sp³-hybridized carbons (Fsp3) is 0.267. The molecule has 204 valence electrons. The third-order valence-corrected chi connectivity index (χ3v) is 7.43. The van der Waals surface area contributed by atoms with Gasteiger partial charge in [0.15, 0.2) is 0 Å². The lowest BCUT2D eigenvalue weighted by atomic mass is 9.76. The van der Waals surface area contributed by atoms with Gasteiger partial charge in [0.2, 0.25) is 0 Å². The van der Waals surface area contributed by atoms with Crippen LogP contribution in [-0.4, -0.2) is 44.7 Å². The number of aliphatic carboxylic acids is 1. The van der Waals surface area contributed by atoms with Gasteiger partial charge in [-0.15, -0.1) is 13.2 Å². The largest absolute Gasteiger partial charge is 0.573 e. The van der Waals surface area contributed by atoms with Crippen molar-refractivity contribution in [2.24, 2.45) is 11.0 Å². The summed E-state index contributed by atoms with van der Waals surface area (Å²) < 4.78 is 41.6. The number of alkyl halides is 3. The predicted octanol–water partition coefficient (Wildman–Crippen LogP) is 6.38. The van der Waals surface area contributed by atoms with Crippen molar-refractivity contribution >= 4 is 22.7 Å². The smallest absolute Gasteiger partial charge is 0.481 e. The Bertz CT molecular complexity index is 1600. The van der Waals surface area contributed by atoms with Crippen LogP contribution in [0.3, 0.4) is 0 Å². The van der Waals surface area contributed by atoms with Crippen LogP contribution in [0.1, 0.15) is 42.0 Å². The molecule has 0 fully saturated rings. The van der Waals surface area contributed by atoms with Crippen molar-refractivity contribution in [1.82, 2.24) is 15.0 Å². The fourth-order valence-electron chi connectivity index (χ4n) is 5.72. The summed E-state index contributed by atoms with van der Waals surface area (Å²) >= 11 is 0. The van der Waals surface area contributed by atoms with Gasteiger partial charge in [-0.1, -0.05) is 36.4 Å². The van der Waals surface area contributed by atoms with Crippen LogP contribution in [0.25, 0.3) is 22.2 Å². The number of hydrogen-bond donors (Lipinski definition) is 1. The minimum Gasteiger partial charge on any atom is -0.481 e. The van der Waals surface area contributed by atoms with E-state index in [9.17, 15) is 23.1 Å². The number of carboxylic acid groups (broad SMARTS) is 1. The van der Waals surface area contributed by atoms with Gasteiger partial charge in [0.25, 0.3) is 0 Å². The Hall–Kier alpha value is -4.47. The third kappa shape index (κ3) is 5.21. The number of carbonyl (C=O) groups is 1. The topological polar surface area (TPSA) is 87.9 Å². The predicted molar refractivity (Wildman–Crippen MR) is 143 cm³/mol. The summed E-state index contributed by atoms with van der Waals surface area (Å²) in [5.74, 6) is -0.972. The third-order valence-electron chi connectivity index (χ3n) is 7.43. The summed E-state index contributed by atoms with van der Waals surface area (Å²) in [5.41, 5.74) is 7.50. The molecule has 1 N–H and O–H groups in total. The number of carboxylic acids is 1. The SMILES string of the molecule is O=C(O)CCCN1N=C2c3ccc(-c4ccc(OC(F)(F)F)cc4)cc3CCC2C1c1ccc2nccnc2c1. The van der Waals surface area contributed by atoms with Crippen LogP contribution in [0.4, 0.5) is 13.2 Å². The molecule has 0 saturated heterocycles. The summed E-state index contributed by atoms with van der Waals surface area (Å²) in [7, 11) is 0. The van der Waals surface area contributed by atoms with Crippen molar-refractivity contribution in [2.75, 3.05) is 6.54 Å². The van der Waals surface area contributed by atoms with E-state index in [0.29, 0.717) is 13.0 Å². The highest BCUT2D eigenvalue weighted by Crippen LogP contribution is 2.44. The van der Waals surface area contributed by atoms with E-state index in [1.807, 2.05) is 29.3 Å². The van der Waals surface area contributed by atoms with E-state index in [-0.39, 0.29) is 24.1 Å². The second kappa shape index (κ2) is 10.3. The molecule has 0 amide bonds. The zero-order chi connectivity index (χ0) is 27.9. The van der Waals surface area contributed by atoms with Crippen LogP contribution >= 0.6 is 0 Å². The minimum absolute atomic E-state index is 0.0517. The fourth-order valence-corrected chi connectivity index (χ4v) is 5.72. The molecule has 0 spiro atoms. The molecule has 7 nitrogen and oxygen atoms in total. The Balaban J connectivity index is 1.30.